The van der Waals surface area contributed by atoms with Crippen molar-refractivity contribution in [2.45, 2.75) is 25.4 Å². The number of piperidine rings is 1. The monoisotopic (exact) mass is 340 g/mol. The summed E-state index contributed by atoms with van der Waals surface area (Å²) in [5.74, 6) is 0.0975. The number of hydrogen-bond donors (Lipinski definition) is 2. The molecule has 1 heterocycles. The first-order chi connectivity index (χ1) is 9.54. The standard InChI is InChI=1S/C15H21BrN2O2/c16-13-5-1-4-12(8-13)14(19)10-18-6-2-3-11(9-18)7-15(17)20/h1,4-5,8,11,14,19H,2-3,6-7,9-10H2,(H2,17,20). The van der Waals surface area contributed by atoms with E-state index in [1.807, 2.05) is 24.3 Å². The van der Waals surface area contributed by atoms with E-state index in [1.165, 1.54) is 0 Å². The number of nitrogens with two attached hydrogens (primary N) is 1. The Hall–Kier alpha value is -0.910. The van der Waals surface area contributed by atoms with Crippen molar-refractivity contribution in [2.75, 3.05) is 19.6 Å². The summed E-state index contributed by atoms with van der Waals surface area (Å²) >= 11 is 3.42. The van der Waals surface area contributed by atoms with Gasteiger partial charge < -0.3 is 15.7 Å². The van der Waals surface area contributed by atoms with Crippen LogP contribution in [0.2, 0.25) is 0 Å². The van der Waals surface area contributed by atoms with Gasteiger partial charge in [-0.05, 0) is 43.0 Å². The highest BCUT2D eigenvalue weighted by Gasteiger charge is 2.23. The Bertz CT molecular complexity index is 467. The lowest BCUT2D eigenvalue weighted by Crippen LogP contribution is -2.39. The number of nitrogens with zero attached hydrogens (tertiary/aromatic N) is 1. The van der Waals surface area contributed by atoms with Crippen LogP contribution >= 0.6 is 15.9 Å². The number of likely N-dealkylation sites (tertiary alicyclic amines) is 1. The first-order valence-electron chi connectivity index (χ1n) is 6.99. The molecule has 20 heavy (non-hydrogen) atoms. The zero-order valence-electron chi connectivity index (χ0n) is 11.5. The van der Waals surface area contributed by atoms with Crippen molar-refractivity contribution in [3.05, 3.63) is 34.3 Å². The number of carbonyl (C=O) groups is 1. The van der Waals surface area contributed by atoms with Crippen molar-refractivity contribution in [2.24, 2.45) is 11.7 Å². The minimum Gasteiger partial charge on any atom is -0.387 e. The van der Waals surface area contributed by atoms with Crippen molar-refractivity contribution < 1.29 is 9.90 Å². The van der Waals surface area contributed by atoms with E-state index < -0.39 is 6.10 Å². The van der Waals surface area contributed by atoms with Crippen molar-refractivity contribution in [1.29, 1.82) is 0 Å². The molecule has 1 saturated heterocycles. The SMILES string of the molecule is NC(=O)CC1CCCN(CC(O)c2cccc(Br)c2)C1. The normalized spacial score (nSPS) is 21.6. The molecule has 2 rings (SSSR count). The van der Waals surface area contributed by atoms with Crippen LogP contribution in [0.4, 0.5) is 0 Å². The number of benzene rings is 1. The lowest BCUT2D eigenvalue weighted by atomic mass is 9.94. The summed E-state index contributed by atoms with van der Waals surface area (Å²) in [6.45, 7) is 2.42. The molecule has 1 aromatic rings. The van der Waals surface area contributed by atoms with Gasteiger partial charge in [0.2, 0.25) is 5.91 Å². The molecule has 0 aromatic heterocycles. The van der Waals surface area contributed by atoms with Crippen molar-refractivity contribution in [3.63, 3.8) is 0 Å². The fourth-order valence-electron chi connectivity index (χ4n) is 2.83. The molecule has 0 saturated carbocycles. The van der Waals surface area contributed by atoms with Gasteiger partial charge in [0.15, 0.2) is 0 Å². The Kier molecular flexibility index (Phi) is 5.57. The second kappa shape index (κ2) is 7.20. The van der Waals surface area contributed by atoms with Gasteiger partial charge in [-0.2, -0.15) is 0 Å². The Morgan fingerprint density at radius 2 is 2.35 bits per heavy atom. The summed E-state index contributed by atoms with van der Waals surface area (Å²) < 4.78 is 0.972. The van der Waals surface area contributed by atoms with Gasteiger partial charge in [-0.1, -0.05) is 28.1 Å². The summed E-state index contributed by atoms with van der Waals surface area (Å²) in [6.07, 6.45) is 2.05. The highest BCUT2D eigenvalue weighted by molar-refractivity contribution is 9.10. The van der Waals surface area contributed by atoms with Crippen LogP contribution in [0.25, 0.3) is 0 Å². The molecule has 1 amide bonds. The minimum absolute atomic E-state index is 0.232. The van der Waals surface area contributed by atoms with E-state index in [4.69, 9.17) is 5.73 Å². The molecule has 110 valence electrons. The third-order valence-corrected chi connectivity index (χ3v) is 4.25. The summed E-state index contributed by atoms with van der Waals surface area (Å²) in [5, 5.41) is 10.3. The molecule has 4 nitrogen and oxygen atoms in total. The summed E-state index contributed by atoms with van der Waals surface area (Å²) in [4.78, 5) is 13.2. The average molecular weight is 341 g/mol. The zero-order chi connectivity index (χ0) is 14.5. The molecule has 2 unspecified atom stereocenters. The van der Waals surface area contributed by atoms with Crippen LogP contribution in [-0.4, -0.2) is 35.5 Å². The molecule has 0 spiro atoms. The molecular weight excluding hydrogens is 320 g/mol. The van der Waals surface area contributed by atoms with Crippen molar-refractivity contribution >= 4 is 21.8 Å². The smallest absolute Gasteiger partial charge is 0.217 e. The van der Waals surface area contributed by atoms with Gasteiger partial charge in [0.05, 0.1) is 6.10 Å². The molecule has 5 heteroatoms. The second-order valence-electron chi connectivity index (χ2n) is 5.51. The molecule has 1 aliphatic rings. The fraction of sp³-hybridized carbons (Fsp3) is 0.533. The van der Waals surface area contributed by atoms with E-state index in [-0.39, 0.29) is 5.91 Å². The lowest BCUT2D eigenvalue weighted by molar-refractivity contribution is -0.119. The van der Waals surface area contributed by atoms with Gasteiger partial charge in [0.1, 0.15) is 0 Å². The molecule has 3 N–H and O–H groups in total. The first-order valence-corrected chi connectivity index (χ1v) is 7.78. The Labute approximate surface area is 128 Å². The average Bonchev–Trinajstić information content (AvgIpc) is 2.38. The van der Waals surface area contributed by atoms with Crippen LogP contribution in [0.15, 0.2) is 28.7 Å². The number of aliphatic hydroxyl groups excluding tert-OH is 1. The zero-order valence-corrected chi connectivity index (χ0v) is 13.1. The van der Waals surface area contributed by atoms with E-state index in [2.05, 4.69) is 20.8 Å². The van der Waals surface area contributed by atoms with E-state index in [0.29, 0.717) is 18.9 Å². The maximum absolute atomic E-state index is 11.0. The minimum atomic E-state index is -0.500. The third-order valence-electron chi connectivity index (χ3n) is 3.76. The summed E-state index contributed by atoms with van der Waals surface area (Å²) in [7, 11) is 0. The Balaban J connectivity index is 1.90. The Morgan fingerprint density at radius 1 is 1.55 bits per heavy atom. The van der Waals surface area contributed by atoms with Gasteiger partial charge in [-0.3, -0.25) is 4.79 Å². The maximum atomic E-state index is 11.0. The number of hydrogen-bond acceptors (Lipinski definition) is 3. The van der Waals surface area contributed by atoms with Crippen LogP contribution < -0.4 is 5.73 Å². The van der Waals surface area contributed by atoms with E-state index in [0.717, 1.165) is 36.0 Å². The highest BCUT2D eigenvalue weighted by Crippen LogP contribution is 2.23. The van der Waals surface area contributed by atoms with Crippen LogP contribution in [0, 0.1) is 5.92 Å². The van der Waals surface area contributed by atoms with Gasteiger partial charge in [0.25, 0.3) is 0 Å². The largest absolute Gasteiger partial charge is 0.387 e. The van der Waals surface area contributed by atoms with Gasteiger partial charge in [-0.15, -0.1) is 0 Å². The van der Waals surface area contributed by atoms with Gasteiger partial charge in [0, 0.05) is 24.0 Å². The number of rotatable bonds is 5. The lowest BCUT2D eigenvalue weighted by Gasteiger charge is -2.33. The first kappa shape index (κ1) is 15.5. The number of primary amides is 1. The van der Waals surface area contributed by atoms with Crippen molar-refractivity contribution in [3.8, 4) is 0 Å². The second-order valence-corrected chi connectivity index (χ2v) is 6.42. The third kappa shape index (κ3) is 4.58. The van der Waals surface area contributed by atoms with Gasteiger partial charge >= 0.3 is 0 Å². The highest BCUT2D eigenvalue weighted by atomic mass is 79.9. The molecule has 1 fully saturated rings. The summed E-state index contributed by atoms with van der Waals surface area (Å²) in [5.41, 5.74) is 6.18. The maximum Gasteiger partial charge on any atom is 0.217 e. The quantitative estimate of drug-likeness (QED) is 0.862. The topological polar surface area (TPSA) is 66.6 Å². The van der Waals surface area contributed by atoms with Crippen LogP contribution in [0.5, 0.6) is 0 Å². The number of amides is 1. The van der Waals surface area contributed by atoms with Gasteiger partial charge in [-0.25, -0.2) is 0 Å². The molecular formula is C15H21BrN2O2. The molecule has 1 aliphatic heterocycles. The van der Waals surface area contributed by atoms with E-state index >= 15 is 0 Å². The molecule has 2 atom stereocenters. The number of halogens is 1. The Morgan fingerprint density at radius 3 is 3.05 bits per heavy atom. The van der Waals surface area contributed by atoms with Crippen LogP contribution in [-0.2, 0) is 4.79 Å². The molecule has 0 aliphatic carbocycles. The molecule has 0 bridgehead atoms. The van der Waals surface area contributed by atoms with Crippen molar-refractivity contribution in [1.82, 2.24) is 4.90 Å². The molecule has 1 aromatic carbocycles. The van der Waals surface area contributed by atoms with Crippen LogP contribution in [0.3, 0.4) is 0 Å². The molecule has 0 radical (unpaired) electrons. The number of β-amino-alcohol motifs (C(OH)–C–C–N with tert-alkyl or cyclic N) is 1. The fourth-order valence-corrected chi connectivity index (χ4v) is 3.25. The van der Waals surface area contributed by atoms with E-state index in [1.54, 1.807) is 0 Å². The predicted octanol–water partition coefficient (Wildman–Crippen LogP) is 2.07. The van der Waals surface area contributed by atoms with E-state index in [9.17, 15) is 9.90 Å². The number of aliphatic hydroxyl groups is 1. The number of carbonyl (C=O) groups excluding carboxylic acids is 1. The summed E-state index contributed by atoms with van der Waals surface area (Å²) in [6, 6.07) is 7.74. The predicted molar refractivity (Wildman–Crippen MR) is 82.1 cm³/mol. The van der Waals surface area contributed by atoms with Crippen LogP contribution in [0.1, 0.15) is 30.9 Å².